The number of halogens is 3. The quantitative estimate of drug-likeness (QED) is 0.361. The van der Waals surface area contributed by atoms with E-state index in [-0.39, 0.29) is 23.9 Å². The molecule has 0 fully saturated rings. The molecule has 1 aliphatic heterocycles. The number of benzene rings is 1. The molecule has 11 heteroatoms. The van der Waals surface area contributed by atoms with Gasteiger partial charge in [0.1, 0.15) is 16.9 Å². The lowest BCUT2D eigenvalue weighted by molar-refractivity contribution is 0.0946. The van der Waals surface area contributed by atoms with Gasteiger partial charge >= 0.3 is 6.01 Å². The van der Waals surface area contributed by atoms with Crippen molar-refractivity contribution < 1.29 is 22.7 Å². The fourth-order valence-electron chi connectivity index (χ4n) is 4.25. The lowest BCUT2D eigenvalue weighted by Gasteiger charge is -2.17. The second kappa shape index (κ2) is 9.24. The van der Waals surface area contributed by atoms with Gasteiger partial charge < -0.3 is 20.4 Å². The highest BCUT2D eigenvalue weighted by molar-refractivity contribution is 6.08. The van der Waals surface area contributed by atoms with Crippen LogP contribution >= 0.6 is 0 Å². The summed E-state index contributed by atoms with van der Waals surface area (Å²) in [5.74, 6) is -0.898. The predicted octanol–water partition coefficient (Wildman–Crippen LogP) is 4.39. The molecular formula is C24H21F3N6O2. The van der Waals surface area contributed by atoms with Crippen LogP contribution in [0.15, 0.2) is 36.7 Å². The van der Waals surface area contributed by atoms with Crippen LogP contribution in [0.4, 0.5) is 24.5 Å². The highest BCUT2D eigenvalue weighted by Gasteiger charge is 2.28. The molecule has 0 unspecified atom stereocenters. The molecule has 4 aromatic rings. The molecule has 3 N–H and O–H groups in total. The first-order chi connectivity index (χ1) is 17.0. The number of anilines is 2. The number of H-pyrrole nitrogens is 1. The zero-order valence-corrected chi connectivity index (χ0v) is 18.7. The first-order valence-electron chi connectivity index (χ1n) is 11.0. The first kappa shape index (κ1) is 22.6. The third-order valence-corrected chi connectivity index (χ3v) is 5.87. The fourth-order valence-corrected chi connectivity index (χ4v) is 4.25. The zero-order valence-electron chi connectivity index (χ0n) is 18.7. The Morgan fingerprint density at radius 3 is 2.89 bits per heavy atom. The number of fused-ring (bicyclic) bond motifs is 2. The van der Waals surface area contributed by atoms with Crippen molar-refractivity contribution >= 4 is 28.3 Å². The molecule has 8 nitrogen and oxygen atoms in total. The Morgan fingerprint density at radius 2 is 2.09 bits per heavy atom. The maximum absolute atomic E-state index is 14.6. The van der Waals surface area contributed by atoms with Gasteiger partial charge in [0.05, 0.1) is 30.3 Å². The normalized spacial score (nSPS) is 13.1. The molecule has 1 aromatic carbocycles. The number of nitrogens with zero attached hydrogens (tertiary/aromatic N) is 3. The van der Waals surface area contributed by atoms with Gasteiger partial charge in [0, 0.05) is 48.1 Å². The lowest BCUT2D eigenvalue weighted by Crippen LogP contribution is -2.31. The highest BCUT2D eigenvalue weighted by Crippen LogP contribution is 2.39. The first-order valence-corrected chi connectivity index (χ1v) is 11.0. The number of rotatable bonds is 7. The number of hydrogen-bond acceptors (Lipinski definition) is 6. The minimum Gasteiger partial charge on any atom is -0.467 e. The summed E-state index contributed by atoms with van der Waals surface area (Å²) >= 11 is 0. The van der Waals surface area contributed by atoms with Gasteiger partial charge in [-0.3, -0.25) is 9.78 Å². The van der Waals surface area contributed by atoms with Crippen molar-refractivity contribution in [3.05, 3.63) is 59.3 Å². The Kier molecular flexibility index (Phi) is 5.98. The molecule has 35 heavy (non-hydrogen) atoms. The molecule has 0 aliphatic carbocycles. The number of pyridine rings is 1. The SMILES string of the molecule is COc1ncc2nccc(-c3[nH]c4c(c3Nc3cccc(F)c3CCC(F)F)C(=O)NCC4)c2n1. The maximum Gasteiger partial charge on any atom is 0.316 e. The van der Waals surface area contributed by atoms with Crippen LogP contribution in [0, 0.1) is 5.82 Å². The number of aromatic amines is 1. The molecule has 0 saturated heterocycles. The third kappa shape index (κ3) is 4.25. The van der Waals surface area contributed by atoms with Gasteiger partial charge in [-0.05, 0) is 24.6 Å². The van der Waals surface area contributed by atoms with Crippen molar-refractivity contribution in [2.75, 3.05) is 19.0 Å². The maximum atomic E-state index is 14.6. The highest BCUT2D eigenvalue weighted by atomic mass is 19.3. The zero-order chi connectivity index (χ0) is 24.5. The molecule has 4 heterocycles. The van der Waals surface area contributed by atoms with Gasteiger partial charge in [-0.2, -0.15) is 4.98 Å². The van der Waals surface area contributed by atoms with E-state index in [0.29, 0.717) is 57.9 Å². The third-order valence-electron chi connectivity index (χ3n) is 5.87. The van der Waals surface area contributed by atoms with Crippen molar-refractivity contribution in [3.63, 3.8) is 0 Å². The van der Waals surface area contributed by atoms with Crippen LogP contribution in [0.1, 0.15) is 28.0 Å². The Morgan fingerprint density at radius 1 is 1.23 bits per heavy atom. The molecule has 5 rings (SSSR count). The van der Waals surface area contributed by atoms with E-state index in [4.69, 9.17) is 4.74 Å². The number of carbonyl (C=O) groups excluding carboxylic acids is 1. The van der Waals surface area contributed by atoms with E-state index in [1.807, 2.05) is 0 Å². The van der Waals surface area contributed by atoms with E-state index in [0.717, 1.165) is 0 Å². The van der Waals surface area contributed by atoms with E-state index < -0.39 is 18.7 Å². The second-order valence-corrected chi connectivity index (χ2v) is 8.00. The summed E-state index contributed by atoms with van der Waals surface area (Å²) < 4.78 is 45.6. The molecule has 0 radical (unpaired) electrons. The summed E-state index contributed by atoms with van der Waals surface area (Å²) in [5.41, 5.74) is 4.03. The monoisotopic (exact) mass is 482 g/mol. The number of amides is 1. The molecule has 0 saturated carbocycles. The largest absolute Gasteiger partial charge is 0.467 e. The van der Waals surface area contributed by atoms with Gasteiger partial charge in [-0.25, -0.2) is 18.2 Å². The smallest absolute Gasteiger partial charge is 0.316 e. The van der Waals surface area contributed by atoms with E-state index >= 15 is 0 Å². The summed E-state index contributed by atoms with van der Waals surface area (Å²) in [7, 11) is 1.45. The second-order valence-electron chi connectivity index (χ2n) is 8.00. The topological polar surface area (TPSA) is 105 Å². The Hall–Kier alpha value is -4.15. The fraction of sp³-hybridized carbons (Fsp3) is 0.250. The van der Waals surface area contributed by atoms with Crippen molar-refractivity contribution in [3.8, 4) is 17.3 Å². The number of carbonyl (C=O) groups is 1. The Bertz CT molecular complexity index is 1420. The van der Waals surface area contributed by atoms with E-state index in [1.54, 1.807) is 18.3 Å². The molecule has 0 spiro atoms. The van der Waals surface area contributed by atoms with Crippen LogP contribution in [0.2, 0.25) is 0 Å². The molecular weight excluding hydrogens is 461 g/mol. The summed E-state index contributed by atoms with van der Waals surface area (Å²) in [6.07, 6.45) is 0.457. The number of hydrogen-bond donors (Lipinski definition) is 3. The van der Waals surface area contributed by atoms with Crippen molar-refractivity contribution in [2.24, 2.45) is 0 Å². The number of alkyl halides is 2. The van der Waals surface area contributed by atoms with Gasteiger partial charge in [-0.1, -0.05) is 6.07 Å². The minimum atomic E-state index is -2.57. The molecule has 0 atom stereocenters. The van der Waals surface area contributed by atoms with Crippen LogP contribution in [0.5, 0.6) is 6.01 Å². The van der Waals surface area contributed by atoms with Crippen molar-refractivity contribution in [1.29, 1.82) is 0 Å². The van der Waals surface area contributed by atoms with Crippen LogP contribution in [-0.2, 0) is 12.8 Å². The summed E-state index contributed by atoms with van der Waals surface area (Å²) in [4.78, 5) is 29.0. The van der Waals surface area contributed by atoms with Gasteiger partial charge in [0.2, 0.25) is 6.43 Å². The van der Waals surface area contributed by atoms with Crippen molar-refractivity contribution in [1.82, 2.24) is 25.3 Å². The summed E-state index contributed by atoms with van der Waals surface area (Å²) in [6, 6.07) is 6.20. The van der Waals surface area contributed by atoms with Crippen molar-refractivity contribution in [2.45, 2.75) is 25.7 Å². The average molecular weight is 482 g/mol. The Balaban J connectivity index is 1.69. The average Bonchev–Trinajstić information content (AvgIpc) is 3.22. The summed E-state index contributed by atoms with van der Waals surface area (Å²) in [5, 5.41) is 5.98. The predicted molar refractivity (Wildman–Crippen MR) is 124 cm³/mol. The number of nitrogens with one attached hydrogen (secondary N) is 3. The Labute approximate surface area is 198 Å². The molecule has 3 aromatic heterocycles. The number of methoxy groups -OCH3 is 1. The molecule has 1 amide bonds. The van der Waals surface area contributed by atoms with Gasteiger partial charge in [0.15, 0.2) is 0 Å². The number of ether oxygens (including phenoxy) is 1. The van der Waals surface area contributed by atoms with Crippen LogP contribution < -0.4 is 15.4 Å². The van der Waals surface area contributed by atoms with Gasteiger partial charge in [0.25, 0.3) is 5.91 Å². The minimum absolute atomic E-state index is 0.119. The van der Waals surface area contributed by atoms with E-state index in [1.165, 1.54) is 25.4 Å². The van der Waals surface area contributed by atoms with E-state index in [2.05, 4.69) is 30.6 Å². The van der Waals surface area contributed by atoms with Crippen LogP contribution in [0.3, 0.4) is 0 Å². The molecule has 180 valence electrons. The van der Waals surface area contributed by atoms with E-state index in [9.17, 15) is 18.0 Å². The standard InChI is InChI=1S/C24H21F3N6O2/c1-35-24-30-11-17-20(33-24)13(7-9-28-17)21-22(19-16(32-21)8-10-29-23(19)34)31-15-4-2-3-14(25)12(15)5-6-18(26)27/h2-4,7,9,11,18,31-32H,5-6,8,10H2,1H3,(H,29,34). The molecule has 1 aliphatic rings. The van der Waals surface area contributed by atoms with Crippen LogP contribution in [-0.4, -0.2) is 45.9 Å². The molecule has 0 bridgehead atoms. The lowest BCUT2D eigenvalue weighted by atomic mass is 10.0. The number of aromatic nitrogens is 4. The van der Waals surface area contributed by atoms with Crippen LogP contribution in [0.25, 0.3) is 22.3 Å². The summed E-state index contributed by atoms with van der Waals surface area (Å²) in [6.45, 7) is 0.456. The van der Waals surface area contributed by atoms with Gasteiger partial charge in [-0.15, -0.1) is 0 Å².